The molecule has 80 valence electrons. The fraction of sp³-hybridized carbons (Fsp3) is 0.909. The first-order chi connectivity index (χ1) is 6.86. The van der Waals surface area contributed by atoms with Gasteiger partial charge in [-0.05, 0) is 31.6 Å². The Morgan fingerprint density at radius 3 is 2.36 bits per heavy atom. The van der Waals surface area contributed by atoms with Crippen molar-refractivity contribution in [1.29, 1.82) is 0 Å². The van der Waals surface area contributed by atoms with Gasteiger partial charge in [0.15, 0.2) is 0 Å². The number of hydrogen-bond acceptors (Lipinski definition) is 1. The Balaban J connectivity index is 1.70. The average molecular weight is 196 g/mol. The maximum absolute atomic E-state index is 11.7. The van der Waals surface area contributed by atoms with E-state index >= 15 is 0 Å². The third kappa shape index (κ3) is 2.89. The summed E-state index contributed by atoms with van der Waals surface area (Å²) in [6.07, 6.45) is 7.53. The molecule has 0 aromatic rings. The topological polar surface area (TPSA) is 32.3 Å². The smallest absolute Gasteiger partial charge is 0.317 e. The lowest BCUT2D eigenvalue weighted by Crippen LogP contribution is -2.41. The van der Waals surface area contributed by atoms with Crippen LogP contribution in [0.5, 0.6) is 0 Å². The monoisotopic (exact) mass is 196 g/mol. The summed E-state index contributed by atoms with van der Waals surface area (Å²) in [4.78, 5) is 13.7. The second kappa shape index (κ2) is 4.67. The molecule has 2 amide bonds. The molecule has 0 atom stereocenters. The highest BCUT2D eigenvalue weighted by Gasteiger charge is 2.23. The van der Waals surface area contributed by atoms with Gasteiger partial charge in [-0.3, -0.25) is 0 Å². The zero-order chi connectivity index (χ0) is 9.80. The Kier molecular flexibility index (Phi) is 3.27. The first-order valence-electron chi connectivity index (χ1n) is 5.89. The lowest BCUT2D eigenvalue weighted by Gasteiger charge is -2.20. The highest BCUT2D eigenvalue weighted by atomic mass is 16.2. The van der Waals surface area contributed by atoms with Crippen LogP contribution in [0.15, 0.2) is 0 Å². The van der Waals surface area contributed by atoms with E-state index in [4.69, 9.17) is 0 Å². The number of carbonyl (C=O) groups excluding carboxylic acids is 1. The first-order valence-corrected chi connectivity index (χ1v) is 5.89. The van der Waals surface area contributed by atoms with E-state index in [0.29, 0.717) is 0 Å². The highest BCUT2D eigenvalue weighted by molar-refractivity contribution is 5.74. The highest BCUT2D eigenvalue weighted by Crippen LogP contribution is 2.27. The van der Waals surface area contributed by atoms with Crippen molar-refractivity contribution in [2.24, 2.45) is 5.92 Å². The lowest BCUT2D eigenvalue weighted by molar-refractivity contribution is 0.199. The molecule has 0 unspecified atom stereocenters. The van der Waals surface area contributed by atoms with E-state index in [2.05, 4.69) is 5.32 Å². The quantitative estimate of drug-likeness (QED) is 0.719. The van der Waals surface area contributed by atoms with Crippen molar-refractivity contribution in [3.8, 4) is 0 Å². The van der Waals surface area contributed by atoms with E-state index in [1.165, 1.54) is 38.5 Å². The van der Waals surface area contributed by atoms with Crippen molar-refractivity contribution in [3.05, 3.63) is 0 Å². The molecule has 3 nitrogen and oxygen atoms in total. The van der Waals surface area contributed by atoms with Crippen molar-refractivity contribution in [2.45, 2.75) is 38.5 Å². The molecular weight excluding hydrogens is 176 g/mol. The number of nitrogens with zero attached hydrogens (tertiary/aromatic N) is 1. The zero-order valence-corrected chi connectivity index (χ0v) is 8.80. The molecule has 1 saturated heterocycles. The van der Waals surface area contributed by atoms with Crippen LogP contribution in [0.3, 0.4) is 0 Å². The number of urea groups is 1. The molecular formula is C11H20N2O. The van der Waals surface area contributed by atoms with E-state index in [1.54, 1.807) is 0 Å². The Morgan fingerprint density at radius 2 is 1.79 bits per heavy atom. The van der Waals surface area contributed by atoms with Crippen molar-refractivity contribution < 1.29 is 4.79 Å². The summed E-state index contributed by atoms with van der Waals surface area (Å²) in [7, 11) is 0. The zero-order valence-electron chi connectivity index (χ0n) is 8.80. The van der Waals surface area contributed by atoms with Crippen molar-refractivity contribution >= 4 is 6.03 Å². The number of rotatable bonds is 2. The van der Waals surface area contributed by atoms with Gasteiger partial charge in [0, 0.05) is 19.6 Å². The van der Waals surface area contributed by atoms with E-state index < -0.39 is 0 Å². The molecule has 2 aliphatic rings. The molecule has 1 aliphatic carbocycles. The molecule has 0 radical (unpaired) electrons. The Morgan fingerprint density at radius 1 is 1.14 bits per heavy atom. The lowest BCUT2D eigenvalue weighted by atomic mass is 10.2. The maximum Gasteiger partial charge on any atom is 0.317 e. The number of nitrogens with one attached hydrogen (secondary N) is 1. The van der Waals surface area contributed by atoms with Crippen LogP contribution < -0.4 is 5.32 Å². The van der Waals surface area contributed by atoms with Crippen LogP contribution in [0.4, 0.5) is 4.79 Å². The fourth-order valence-electron chi connectivity index (χ4n) is 1.94. The molecule has 3 heteroatoms. The average Bonchev–Trinajstić information content (AvgIpc) is 3.01. The molecule has 0 aromatic heterocycles. The predicted octanol–water partition coefficient (Wildman–Crippen LogP) is 1.98. The molecule has 0 spiro atoms. The molecule has 1 saturated carbocycles. The van der Waals surface area contributed by atoms with E-state index in [1.807, 2.05) is 4.90 Å². The first kappa shape index (κ1) is 9.81. The molecule has 1 N–H and O–H groups in total. The fourth-order valence-corrected chi connectivity index (χ4v) is 1.94. The van der Waals surface area contributed by atoms with Gasteiger partial charge in [-0.15, -0.1) is 0 Å². The molecule has 1 heterocycles. The van der Waals surface area contributed by atoms with Gasteiger partial charge in [-0.2, -0.15) is 0 Å². The summed E-state index contributed by atoms with van der Waals surface area (Å²) >= 11 is 0. The van der Waals surface area contributed by atoms with E-state index in [0.717, 1.165) is 25.6 Å². The summed E-state index contributed by atoms with van der Waals surface area (Å²) in [6.45, 7) is 2.81. The van der Waals surface area contributed by atoms with E-state index in [9.17, 15) is 4.79 Å². The third-order valence-corrected chi connectivity index (χ3v) is 3.13. The maximum atomic E-state index is 11.7. The molecule has 0 bridgehead atoms. The number of amides is 2. The number of hydrogen-bond donors (Lipinski definition) is 1. The standard InChI is InChI=1S/C11H20N2O/c14-11(12-9-10-5-6-10)13-7-3-1-2-4-8-13/h10H,1-9H2,(H,12,14). The summed E-state index contributed by atoms with van der Waals surface area (Å²) in [6, 6.07) is 0.166. The van der Waals surface area contributed by atoms with Crippen LogP contribution in [0.1, 0.15) is 38.5 Å². The minimum absolute atomic E-state index is 0.166. The van der Waals surface area contributed by atoms with Gasteiger partial charge in [-0.1, -0.05) is 12.8 Å². The minimum Gasteiger partial charge on any atom is -0.338 e. The second-order valence-electron chi connectivity index (χ2n) is 4.53. The van der Waals surface area contributed by atoms with Gasteiger partial charge in [0.1, 0.15) is 0 Å². The Bertz CT molecular complexity index is 193. The van der Waals surface area contributed by atoms with Crippen molar-refractivity contribution in [3.63, 3.8) is 0 Å². The van der Waals surface area contributed by atoms with Gasteiger partial charge in [0.2, 0.25) is 0 Å². The second-order valence-corrected chi connectivity index (χ2v) is 4.53. The van der Waals surface area contributed by atoms with Crippen LogP contribution >= 0.6 is 0 Å². The molecule has 2 fully saturated rings. The van der Waals surface area contributed by atoms with E-state index in [-0.39, 0.29) is 6.03 Å². The van der Waals surface area contributed by atoms with Crippen LogP contribution in [-0.4, -0.2) is 30.6 Å². The normalized spacial score (nSPS) is 23.0. The largest absolute Gasteiger partial charge is 0.338 e. The summed E-state index contributed by atoms with van der Waals surface area (Å²) in [5.74, 6) is 0.783. The Labute approximate surface area is 85.8 Å². The van der Waals surface area contributed by atoms with Gasteiger partial charge in [0.05, 0.1) is 0 Å². The molecule has 1 aliphatic heterocycles. The van der Waals surface area contributed by atoms with Gasteiger partial charge in [-0.25, -0.2) is 4.79 Å². The van der Waals surface area contributed by atoms with Crippen LogP contribution in [0.2, 0.25) is 0 Å². The summed E-state index contributed by atoms with van der Waals surface area (Å²) in [5.41, 5.74) is 0. The SMILES string of the molecule is O=C(NCC1CC1)N1CCCCCC1. The Hall–Kier alpha value is -0.730. The summed E-state index contributed by atoms with van der Waals surface area (Å²) in [5, 5.41) is 3.03. The molecule has 0 aromatic carbocycles. The van der Waals surface area contributed by atoms with Gasteiger partial charge < -0.3 is 10.2 Å². The number of carbonyl (C=O) groups is 1. The van der Waals surface area contributed by atoms with Crippen molar-refractivity contribution in [1.82, 2.24) is 10.2 Å². The van der Waals surface area contributed by atoms with Crippen LogP contribution in [0.25, 0.3) is 0 Å². The minimum atomic E-state index is 0.166. The number of likely N-dealkylation sites (tertiary alicyclic amines) is 1. The van der Waals surface area contributed by atoms with Crippen LogP contribution in [-0.2, 0) is 0 Å². The predicted molar refractivity (Wildman–Crippen MR) is 56.2 cm³/mol. The van der Waals surface area contributed by atoms with Crippen LogP contribution in [0, 0.1) is 5.92 Å². The third-order valence-electron chi connectivity index (χ3n) is 3.13. The molecule has 14 heavy (non-hydrogen) atoms. The van der Waals surface area contributed by atoms with Crippen molar-refractivity contribution in [2.75, 3.05) is 19.6 Å². The summed E-state index contributed by atoms with van der Waals surface area (Å²) < 4.78 is 0. The molecule has 2 rings (SSSR count). The van der Waals surface area contributed by atoms with Gasteiger partial charge >= 0.3 is 6.03 Å². The van der Waals surface area contributed by atoms with Gasteiger partial charge in [0.25, 0.3) is 0 Å².